The van der Waals surface area contributed by atoms with Gasteiger partial charge in [0.1, 0.15) is 6.10 Å². The fourth-order valence-electron chi connectivity index (χ4n) is 2.69. The summed E-state index contributed by atoms with van der Waals surface area (Å²) < 4.78 is 11.0. The number of carbonyl (C=O) groups is 1. The van der Waals surface area contributed by atoms with Crippen molar-refractivity contribution < 1.29 is 14.3 Å². The SMILES string of the molecule is Cc1nc(CN2CCOC(C(=O)N3CCOCC3)C2)cs1. The highest BCUT2D eigenvalue weighted by Crippen LogP contribution is 2.15. The van der Waals surface area contributed by atoms with Gasteiger partial charge < -0.3 is 14.4 Å². The highest BCUT2D eigenvalue weighted by atomic mass is 32.1. The van der Waals surface area contributed by atoms with Gasteiger partial charge in [-0.2, -0.15) is 0 Å². The molecule has 0 N–H and O–H groups in total. The predicted molar refractivity (Wildman–Crippen MR) is 79.3 cm³/mol. The number of carbonyl (C=O) groups excluding carboxylic acids is 1. The van der Waals surface area contributed by atoms with E-state index in [1.54, 1.807) is 11.3 Å². The number of nitrogens with zero attached hydrogens (tertiary/aromatic N) is 3. The normalized spacial score (nSPS) is 24.2. The van der Waals surface area contributed by atoms with Crippen molar-refractivity contribution in [1.82, 2.24) is 14.8 Å². The van der Waals surface area contributed by atoms with Gasteiger partial charge in [-0.15, -0.1) is 11.3 Å². The molecule has 3 rings (SSSR count). The first-order valence-corrected chi connectivity index (χ1v) is 8.22. The summed E-state index contributed by atoms with van der Waals surface area (Å²) in [4.78, 5) is 21.1. The summed E-state index contributed by atoms with van der Waals surface area (Å²) in [7, 11) is 0. The van der Waals surface area contributed by atoms with Crippen molar-refractivity contribution in [1.29, 1.82) is 0 Å². The van der Waals surface area contributed by atoms with E-state index in [2.05, 4.69) is 15.3 Å². The monoisotopic (exact) mass is 311 g/mol. The van der Waals surface area contributed by atoms with Crippen LogP contribution in [0, 0.1) is 6.92 Å². The summed E-state index contributed by atoms with van der Waals surface area (Å²) in [5.41, 5.74) is 1.08. The van der Waals surface area contributed by atoms with Crippen molar-refractivity contribution in [2.75, 3.05) is 46.0 Å². The minimum absolute atomic E-state index is 0.0949. The van der Waals surface area contributed by atoms with Crippen molar-refractivity contribution >= 4 is 17.2 Å². The van der Waals surface area contributed by atoms with Gasteiger partial charge in [0.2, 0.25) is 0 Å². The molecule has 1 amide bonds. The van der Waals surface area contributed by atoms with Crippen molar-refractivity contribution in [2.45, 2.75) is 19.6 Å². The Labute approximate surface area is 128 Å². The van der Waals surface area contributed by atoms with Crippen LogP contribution in [0.15, 0.2) is 5.38 Å². The Balaban J connectivity index is 1.56. The molecule has 2 fully saturated rings. The second-order valence-corrected chi connectivity index (χ2v) is 6.45. The molecule has 116 valence electrons. The summed E-state index contributed by atoms with van der Waals surface area (Å²) in [5, 5.41) is 3.17. The first-order chi connectivity index (χ1) is 10.2. The maximum atomic E-state index is 12.5. The Hall–Kier alpha value is -1.02. The maximum absolute atomic E-state index is 12.5. The zero-order valence-corrected chi connectivity index (χ0v) is 13.1. The maximum Gasteiger partial charge on any atom is 0.253 e. The second-order valence-electron chi connectivity index (χ2n) is 5.39. The molecule has 0 aliphatic carbocycles. The molecule has 21 heavy (non-hydrogen) atoms. The van der Waals surface area contributed by atoms with Gasteiger partial charge >= 0.3 is 0 Å². The molecule has 0 aromatic carbocycles. The molecule has 0 saturated carbocycles. The molecule has 1 aromatic rings. The zero-order valence-electron chi connectivity index (χ0n) is 12.3. The fraction of sp³-hybridized carbons (Fsp3) is 0.714. The van der Waals surface area contributed by atoms with Gasteiger partial charge in [0.05, 0.1) is 30.5 Å². The lowest BCUT2D eigenvalue weighted by molar-refractivity contribution is -0.153. The van der Waals surface area contributed by atoms with E-state index < -0.39 is 0 Å². The lowest BCUT2D eigenvalue weighted by atomic mass is 10.2. The summed E-state index contributed by atoms with van der Waals surface area (Å²) in [5.74, 6) is 0.0949. The van der Waals surface area contributed by atoms with Crippen molar-refractivity contribution in [2.24, 2.45) is 0 Å². The van der Waals surface area contributed by atoms with Crippen LogP contribution in [0.25, 0.3) is 0 Å². The van der Waals surface area contributed by atoms with Crippen molar-refractivity contribution in [3.63, 3.8) is 0 Å². The van der Waals surface area contributed by atoms with Crippen LogP contribution in [0.1, 0.15) is 10.7 Å². The van der Waals surface area contributed by atoms with E-state index in [-0.39, 0.29) is 12.0 Å². The largest absolute Gasteiger partial charge is 0.378 e. The van der Waals surface area contributed by atoms with E-state index in [4.69, 9.17) is 9.47 Å². The van der Waals surface area contributed by atoms with E-state index >= 15 is 0 Å². The number of hydrogen-bond donors (Lipinski definition) is 0. The Morgan fingerprint density at radius 1 is 1.38 bits per heavy atom. The van der Waals surface area contributed by atoms with E-state index in [1.165, 1.54) is 0 Å². The van der Waals surface area contributed by atoms with Crippen LogP contribution in [0.4, 0.5) is 0 Å². The smallest absolute Gasteiger partial charge is 0.253 e. The summed E-state index contributed by atoms with van der Waals surface area (Å²) in [6.45, 7) is 7.49. The molecule has 0 bridgehead atoms. The highest BCUT2D eigenvalue weighted by molar-refractivity contribution is 7.09. The van der Waals surface area contributed by atoms with Crippen LogP contribution in [0.5, 0.6) is 0 Å². The minimum Gasteiger partial charge on any atom is -0.378 e. The lowest BCUT2D eigenvalue weighted by Gasteiger charge is -2.35. The molecule has 2 aliphatic rings. The average Bonchev–Trinajstić information content (AvgIpc) is 2.93. The standard InChI is InChI=1S/C14H21N3O3S/c1-11-15-12(10-21-11)8-16-2-7-20-13(9-16)14(18)17-3-5-19-6-4-17/h10,13H,2-9H2,1H3. The first kappa shape index (κ1) is 14.9. The summed E-state index contributed by atoms with van der Waals surface area (Å²) in [6, 6.07) is 0. The predicted octanol–water partition coefficient (Wildman–Crippen LogP) is 0.511. The number of rotatable bonds is 3. The third-order valence-corrected chi connectivity index (χ3v) is 4.62. The first-order valence-electron chi connectivity index (χ1n) is 7.34. The fourth-order valence-corrected chi connectivity index (χ4v) is 3.30. The quantitative estimate of drug-likeness (QED) is 0.814. The highest BCUT2D eigenvalue weighted by Gasteiger charge is 2.31. The van der Waals surface area contributed by atoms with Crippen LogP contribution < -0.4 is 0 Å². The second kappa shape index (κ2) is 6.83. The molecule has 3 heterocycles. The molecule has 1 aromatic heterocycles. The van der Waals surface area contributed by atoms with E-state index in [0.29, 0.717) is 39.5 Å². The Morgan fingerprint density at radius 2 is 2.19 bits per heavy atom. The molecular weight excluding hydrogens is 290 g/mol. The van der Waals surface area contributed by atoms with Gasteiger partial charge in [0, 0.05) is 38.1 Å². The molecule has 1 atom stereocenters. The third kappa shape index (κ3) is 3.79. The van der Waals surface area contributed by atoms with Crippen LogP contribution >= 0.6 is 11.3 Å². The van der Waals surface area contributed by atoms with Crippen LogP contribution in [0.3, 0.4) is 0 Å². The van der Waals surface area contributed by atoms with E-state index in [0.717, 1.165) is 23.8 Å². The number of aryl methyl sites for hydroxylation is 1. The van der Waals surface area contributed by atoms with Gasteiger partial charge in [-0.05, 0) is 6.92 Å². The summed E-state index contributed by atoms with van der Waals surface area (Å²) in [6.07, 6.45) is -0.350. The molecule has 1 unspecified atom stereocenters. The molecular formula is C14H21N3O3S. The molecule has 7 heteroatoms. The Bertz CT molecular complexity index is 488. The zero-order chi connectivity index (χ0) is 14.7. The van der Waals surface area contributed by atoms with Crippen LogP contribution in [0.2, 0.25) is 0 Å². The lowest BCUT2D eigenvalue weighted by Crippen LogP contribution is -2.53. The van der Waals surface area contributed by atoms with Crippen molar-refractivity contribution in [3.05, 3.63) is 16.1 Å². The van der Waals surface area contributed by atoms with Gasteiger partial charge in [-0.25, -0.2) is 4.98 Å². The molecule has 6 nitrogen and oxygen atoms in total. The number of hydrogen-bond acceptors (Lipinski definition) is 6. The minimum atomic E-state index is -0.350. The molecule has 0 radical (unpaired) electrons. The van der Waals surface area contributed by atoms with Gasteiger partial charge in [-0.3, -0.25) is 9.69 Å². The number of amides is 1. The number of morpholine rings is 2. The number of aromatic nitrogens is 1. The Morgan fingerprint density at radius 3 is 2.90 bits per heavy atom. The van der Waals surface area contributed by atoms with Crippen LogP contribution in [-0.2, 0) is 20.8 Å². The third-order valence-electron chi connectivity index (χ3n) is 3.80. The molecule has 0 spiro atoms. The average molecular weight is 311 g/mol. The molecule has 2 aliphatic heterocycles. The number of ether oxygens (including phenoxy) is 2. The van der Waals surface area contributed by atoms with E-state index in [9.17, 15) is 4.79 Å². The topological polar surface area (TPSA) is 54.9 Å². The van der Waals surface area contributed by atoms with Gasteiger partial charge in [0.25, 0.3) is 5.91 Å². The number of thiazole rings is 1. The van der Waals surface area contributed by atoms with Gasteiger partial charge in [0.15, 0.2) is 0 Å². The van der Waals surface area contributed by atoms with Gasteiger partial charge in [-0.1, -0.05) is 0 Å². The summed E-state index contributed by atoms with van der Waals surface area (Å²) >= 11 is 1.66. The van der Waals surface area contributed by atoms with E-state index in [1.807, 2.05) is 11.8 Å². The molecule has 2 saturated heterocycles. The van der Waals surface area contributed by atoms with Crippen molar-refractivity contribution in [3.8, 4) is 0 Å². The van der Waals surface area contributed by atoms with Crippen LogP contribution in [-0.4, -0.2) is 72.8 Å². The Kier molecular flexibility index (Phi) is 4.84.